The Balaban J connectivity index is 1.94. The average molecular weight is 469 g/mol. The monoisotopic (exact) mass is 468 g/mol. The number of hydrogen-bond donors (Lipinski definition) is 1. The minimum Gasteiger partial charge on any atom is -0.503 e. The van der Waals surface area contributed by atoms with E-state index >= 15 is 0 Å². The summed E-state index contributed by atoms with van der Waals surface area (Å²) >= 11 is 7.57. The van der Waals surface area contributed by atoms with Crippen molar-refractivity contribution in [3.63, 3.8) is 0 Å². The minimum atomic E-state index is -0.897. The molecule has 6 nitrogen and oxygen atoms in total. The SMILES string of the molecule is COc1ccccc1C1C(C(=O)c2sc(C)nc2C)=C(O)C(=O)N1c1ccc(C)c(Cl)c1. The van der Waals surface area contributed by atoms with Crippen molar-refractivity contribution < 1.29 is 19.4 Å². The molecule has 2 heterocycles. The number of aliphatic hydroxyl groups is 1. The maximum Gasteiger partial charge on any atom is 0.294 e. The Kier molecular flexibility index (Phi) is 5.79. The van der Waals surface area contributed by atoms with Gasteiger partial charge in [-0.05, 0) is 44.5 Å². The molecule has 0 radical (unpaired) electrons. The van der Waals surface area contributed by atoms with Crippen LogP contribution in [0.3, 0.4) is 0 Å². The number of carbonyl (C=O) groups is 2. The molecule has 0 saturated heterocycles. The normalized spacial score (nSPS) is 16.1. The first-order valence-electron chi connectivity index (χ1n) is 9.89. The fourth-order valence-corrected chi connectivity index (χ4v) is 4.93. The predicted octanol–water partition coefficient (Wildman–Crippen LogP) is 5.51. The van der Waals surface area contributed by atoms with Crippen LogP contribution in [0, 0.1) is 20.8 Å². The second-order valence-corrected chi connectivity index (χ2v) is 9.10. The summed E-state index contributed by atoms with van der Waals surface area (Å²) in [5.41, 5.74) is 2.43. The quantitative estimate of drug-likeness (QED) is 0.499. The van der Waals surface area contributed by atoms with Crippen LogP contribution in [0.25, 0.3) is 0 Å². The topological polar surface area (TPSA) is 79.7 Å². The Morgan fingerprint density at radius 2 is 1.91 bits per heavy atom. The molecule has 0 fully saturated rings. The molecule has 0 aliphatic carbocycles. The van der Waals surface area contributed by atoms with E-state index < -0.39 is 23.5 Å². The highest BCUT2D eigenvalue weighted by Crippen LogP contribution is 2.45. The molecule has 32 heavy (non-hydrogen) atoms. The van der Waals surface area contributed by atoms with Gasteiger partial charge in [0.1, 0.15) is 5.75 Å². The number of anilines is 1. The summed E-state index contributed by atoms with van der Waals surface area (Å²) in [6, 6.07) is 11.4. The van der Waals surface area contributed by atoms with Gasteiger partial charge in [0, 0.05) is 16.3 Å². The number of rotatable bonds is 5. The third-order valence-corrected chi connectivity index (χ3v) is 6.91. The van der Waals surface area contributed by atoms with E-state index in [1.54, 1.807) is 56.3 Å². The summed E-state index contributed by atoms with van der Waals surface area (Å²) in [6.45, 7) is 5.40. The van der Waals surface area contributed by atoms with Crippen LogP contribution in [-0.2, 0) is 4.79 Å². The predicted molar refractivity (Wildman–Crippen MR) is 125 cm³/mol. The van der Waals surface area contributed by atoms with Crippen molar-refractivity contribution in [2.45, 2.75) is 26.8 Å². The Bertz CT molecular complexity index is 1280. The third-order valence-electron chi connectivity index (χ3n) is 5.43. The van der Waals surface area contributed by atoms with Gasteiger partial charge < -0.3 is 9.84 Å². The van der Waals surface area contributed by atoms with Crippen LogP contribution >= 0.6 is 22.9 Å². The van der Waals surface area contributed by atoms with Crippen LogP contribution < -0.4 is 9.64 Å². The second kappa shape index (κ2) is 8.41. The van der Waals surface area contributed by atoms with Gasteiger partial charge in [0.15, 0.2) is 5.76 Å². The molecule has 1 aliphatic rings. The van der Waals surface area contributed by atoms with Crippen LogP contribution in [-0.4, -0.2) is 28.9 Å². The number of hydrogen-bond acceptors (Lipinski definition) is 6. The summed E-state index contributed by atoms with van der Waals surface area (Å²) < 4.78 is 5.53. The van der Waals surface area contributed by atoms with Crippen molar-refractivity contribution in [1.29, 1.82) is 0 Å². The number of aromatic nitrogens is 1. The summed E-state index contributed by atoms with van der Waals surface area (Å²) in [5.74, 6) is -1.21. The number of amides is 1. The van der Waals surface area contributed by atoms with Gasteiger partial charge >= 0.3 is 0 Å². The zero-order valence-corrected chi connectivity index (χ0v) is 19.5. The maximum atomic E-state index is 13.6. The van der Waals surface area contributed by atoms with Gasteiger partial charge in [0.2, 0.25) is 5.78 Å². The maximum absolute atomic E-state index is 13.6. The molecule has 0 saturated carbocycles. The number of aryl methyl sites for hydroxylation is 3. The molecule has 0 bridgehead atoms. The fraction of sp³-hybridized carbons (Fsp3) is 0.208. The van der Waals surface area contributed by atoms with E-state index in [1.165, 1.54) is 23.3 Å². The molecule has 0 spiro atoms. The number of ether oxygens (including phenoxy) is 1. The highest BCUT2D eigenvalue weighted by molar-refractivity contribution is 7.14. The van der Waals surface area contributed by atoms with E-state index in [4.69, 9.17) is 16.3 Å². The molecule has 1 aromatic heterocycles. The highest BCUT2D eigenvalue weighted by Gasteiger charge is 2.46. The number of methoxy groups -OCH3 is 1. The molecule has 2 aromatic carbocycles. The van der Waals surface area contributed by atoms with Crippen molar-refractivity contribution in [2.24, 2.45) is 0 Å². The smallest absolute Gasteiger partial charge is 0.294 e. The fourth-order valence-electron chi connectivity index (χ4n) is 3.89. The van der Waals surface area contributed by atoms with E-state index in [0.717, 1.165) is 10.6 Å². The molecule has 4 rings (SSSR count). The summed E-state index contributed by atoms with van der Waals surface area (Å²) in [6.07, 6.45) is 0. The molecule has 1 N–H and O–H groups in total. The zero-order chi connectivity index (χ0) is 23.2. The van der Waals surface area contributed by atoms with E-state index in [-0.39, 0.29) is 5.57 Å². The van der Waals surface area contributed by atoms with Gasteiger partial charge in [-0.25, -0.2) is 4.98 Å². The number of ketones is 1. The highest BCUT2D eigenvalue weighted by atomic mass is 35.5. The molecule has 164 valence electrons. The Labute approximate surface area is 194 Å². The number of thiazole rings is 1. The Hall–Kier alpha value is -3.16. The molecule has 8 heteroatoms. The van der Waals surface area contributed by atoms with Gasteiger partial charge in [-0.2, -0.15) is 0 Å². The molecule has 1 aliphatic heterocycles. The number of benzene rings is 2. The molecule has 1 atom stereocenters. The van der Waals surface area contributed by atoms with E-state index in [2.05, 4.69) is 4.98 Å². The number of aliphatic hydroxyl groups excluding tert-OH is 1. The summed E-state index contributed by atoms with van der Waals surface area (Å²) in [7, 11) is 1.52. The van der Waals surface area contributed by atoms with Crippen LogP contribution in [0.4, 0.5) is 5.69 Å². The summed E-state index contributed by atoms with van der Waals surface area (Å²) in [4.78, 5) is 33.0. The van der Waals surface area contributed by atoms with Crippen molar-refractivity contribution >= 4 is 40.3 Å². The molecule has 1 amide bonds. The number of para-hydroxylation sites is 1. The zero-order valence-electron chi connectivity index (χ0n) is 18.0. The summed E-state index contributed by atoms with van der Waals surface area (Å²) in [5, 5.41) is 12.1. The third kappa shape index (κ3) is 3.57. The number of Topliss-reactive ketones (excluding diaryl/α,β-unsaturated/α-hetero) is 1. The van der Waals surface area contributed by atoms with Gasteiger partial charge in [-0.3, -0.25) is 14.5 Å². The lowest BCUT2D eigenvalue weighted by molar-refractivity contribution is -0.117. The Morgan fingerprint density at radius 3 is 2.53 bits per heavy atom. The lowest BCUT2D eigenvalue weighted by Crippen LogP contribution is -2.31. The van der Waals surface area contributed by atoms with Crippen molar-refractivity contribution in [3.8, 4) is 5.75 Å². The lowest BCUT2D eigenvalue weighted by Gasteiger charge is -2.28. The van der Waals surface area contributed by atoms with Gasteiger partial charge in [0.05, 0.1) is 34.3 Å². The number of nitrogens with zero attached hydrogens (tertiary/aromatic N) is 2. The average Bonchev–Trinajstić information content (AvgIpc) is 3.25. The van der Waals surface area contributed by atoms with Crippen molar-refractivity contribution in [1.82, 2.24) is 4.98 Å². The van der Waals surface area contributed by atoms with Crippen LogP contribution in [0.5, 0.6) is 5.75 Å². The van der Waals surface area contributed by atoms with Crippen LogP contribution in [0.2, 0.25) is 5.02 Å². The first-order valence-corrected chi connectivity index (χ1v) is 11.1. The first kappa shape index (κ1) is 22.0. The minimum absolute atomic E-state index is 0.0112. The van der Waals surface area contributed by atoms with Crippen molar-refractivity contribution in [2.75, 3.05) is 12.0 Å². The molecular formula is C24H21ClN2O4S. The molecule has 3 aromatic rings. The molecule has 1 unspecified atom stereocenters. The van der Waals surface area contributed by atoms with E-state index in [1.807, 2.05) is 6.92 Å². The van der Waals surface area contributed by atoms with E-state index in [0.29, 0.717) is 32.6 Å². The van der Waals surface area contributed by atoms with E-state index in [9.17, 15) is 14.7 Å². The largest absolute Gasteiger partial charge is 0.503 e. The van der Waals surface area contributed by atoms with Crippen LogP contribution in [0.15, 0.2) is 53.8 Å². The van der Waals surface area contributed by atoms with Crippen molar-refractivity contribution in [3.05, 3.63) is 85.5 Å². The standard InChI is InChI=1S/C24H21ClN2O4S/c1-12-9-10-15(11-17(12)25)27-20(16-7-5-6-8-18(16)31-4)19(22(29)24(27)30)21(28)23-13(2)26-14(3)32-23/h5-11,20,29H,1-4H3. The Morgan fingerprint density at radius 1 is 1.19 bits per heavy atom. The number of carbonyl (C=O) groups excluding carboxylic acids is 2. The lowest BCUT2D eigenvalue weighted by atomic mass is 9.94. The van der Waals surface area contributed by atoms with Crippen LogP contribution in [0.1, 0.15) is 37.5 Å². The van der Waals surface area contributed by atoms with Gasteiger partial charge in [-0.15, -0.1) is 11.3 Å². The van der Waals surface area contributed by atoms with Gasteiger partial charge in [0.25, 0.3) is 5.91 Å². The second-order valence-electron chi connectivity index (χ2n) is 7.49. The van der Waals surface area contributed by atoms with Gasteiger partial charge in [-0.1, -0.05) is 35.9 Å². The first-order chi connectivity index (χ1) is 15.2. The molecular weight excluding hydrogens is 448 g/mol. The number of halogens is 1.